The van der Waals surface area contributed by atoms with Crippen LogP contribution in [0.4, 0.5) is 0 Å². The maximum atomic E-state index is 13.6. The predicted octanol–water partition coefficient (Wildman–Crippen LogP) is 8.98. The molecule has 5 aromatic carbocycles. The highest BCUT2D eigenvalue weighted by molar-refractivity contribution is 6.30. The minimum Gasteiger partial charge on any atom is -0.294 e. The van der Waals surface area contributed by atoms with Gasteiger partial charge < -0.3 is 0 Å². The quantitative estimate of drug-likeness (QED) is 0.143. The van der Waals surface area contributed by atoms with Crippen LogP contribution in [0.1, 0.15) is 51.0 Å². The third-order valence-corrected chi connectivity index (χ3v) is 6.94. The lowest BCUT2D eigenvalue weighted by atomic mass is 9.82. The van der Waals surface area contributed by atoms with Crippen molar-refractivity contribution in [3.05, 3.63) is 178 Å². The van der Waals surface area contributed by atoms with Gasteiger partial charge in [0.1, 0.15) is 0 Å². The van der Waals surface area contributed by atoms with Gasteiger partial charge in [0.25, 0.3) is 0 Å². The van der Waals surface area contributed by atoms with E-state index in [4.69, 9.17) is 16.6 Å². The molecule has 0 saturated carbocycles. The van der Waals surface area contributed by atoms with E-state index in [0.29, 0.717) is 17.0 Å². The van der Waals surface area contributed by atoms with E-state index in [-0.39, 0.29) is 17.7 Å². The third kappa shape index (κ3) is 6.16. The highest BCUT2D eigenvalue weighted by Gasteiger charge is 2.28. The van der Waals surface area contributed by atoms with E-state index in [1.54, 1.807) is 0 Å². The molecule has 0 N–H and O–H groups in total. The van der Waals surface area contributed by atoms with Crippen molar-refractivity contribution in [2.75, 3.05) is 0 Å². The number of aliphatic imine (C=N–C) groups is 1. The third-order valence-electron chi connectivity index (χ3n) is 6.68. The fourth-order valence-electron chi connectivity index (χ4n) is 4.76. The highest BCUT2D eigenvalue weighted by Crippen LogP contribution is 2.39. The molecule has 0 saturated heterocycles. The molecule has 0 aliphatic heterocycles. The monoisotopic (exact) mass is 513 g/mol. The summed E-state index contributed by atoms with van der Waals surface area (Å²) in [5.41, 5.74) is 5.74. The number of carbonyl (C=O) groups is 1. The molecule has 0 amide bonds. The number of hydrogen-bond acceptors (Lipinski definition) is 2. The minimum atomic E-state index is -0.305. The van der Waals surface area contributed by atoms with Crippen molar-refractivity contribution >= 4 is 23.1 Å². The Labute approximate surface area is 229 Å². The van der Waals surface area contributed by atoms with Gasteiger partial charge in [0.05, 0.1) is 11.8 Å². The van der Waals surface area contributed by atoms with Crippen molar-refractivity contribution in [3.8, 4) is 0 Å². The average molecular weight is 514 g/mol. The lowest BCUT2D eigenvalue weighted by Gasteiger charge is -2.26. The lowest BCUT2D eigenvalue weighted by molar-refractivity contribution is 0.0969. The number of carbonyl (C=O) groups excluding carboxylic acids is 1. The van der Waals surface area contributed by atoms with Crippen molar-refractivity contribution in [2.24, 2.45) is 4.99 Å². The van der Waals surface area contributed by atoms with E-state index in [9.17, 15) is 4.79 Å². The van der Waals surface area contributed by atoms with E-state index in [1.807, 2.05) is 109 Å². The molecule has 2 nitrogen and oxygen atoms in total. The van der Waals surface area contributed by atoms with Crippen molar-refractivity contribution < 1.29 is 4.79 Å². The Bertz CT molecular complexity index is 1440. The summed E-state index contributed by atoms with van der Waals surface area (Å²) < 4.78 is 0. The van der Waals surface area contributed by atoms with Crippen molar-refractivity contribution in [1.82, 2.24) is 0 Å². The van der Waals surface area contributed by atoms with Crippen LogP contribution >= 0.6 is 11.6 Å². The normalized spacial score (nSPS) is 12.3. The molecule has 0 heterocycles. The second-order valence-corrected chi connectivity index (χ2v) is 9.65. The Morgan fingerprint density at radius 2 is 1.00 bits per heavy atom. The Kier molecular flexibility index (Phi) is 8.23. The summed E-state index contributed by atoms with van der Waals surface area (Å²) in [4.78, 5) is 19.0. The summed E-state index contributed by atoms with van der Waals surface area (Å²) >= 11 is 6.26. The molecule has 0 spiro atoms. The molecule has 3 heteroatoms. The second kappa shape index (κ2) is 12.3. The van der Waals surface area contributed by atoms with E-state index in [2.05, 4.69) is 36.4 Å². The van der Waals surface area contributed by atoms with Gasteiger partial charge in [-0.1, -0.05) is 145 Å². The Hall–Kier alpha value is -4.27. The molecule has 5 aromatic rings. The molecule has 0 aliphatic carbocycles. The summed E-state index contributed by atoms with van der Waals surface area (Å²) in [7, 11) is 0. The molecule has 0 radical (unpaired) electrons. The fourth-order valence-corrected chi connectivity index (χ4v) is 4.88. The number of Topliss-reactive ketones (excluding diaryl/α,β-unsaturated/α-hetero) is 1. The van der Waals surface area contributed by atoms with Crippen LogP contribution in [-0.2, 0) is 0 Å². The summed E-state index contributed by atoms with van der Waals surface area (Å²) in [6, 6.07) is 47.7. The smallest absolute Gasteiger partial charge is 0.163 e. The van der Waals surface area contributed by atoms with Crippen LogP contribution in [-0.4, -0.2) is 11.5 Å². The van der Waals surface area contributed by atoms with Gasteiger partial charge in [-0.25, -0.2) is 0 Å². The van der Waals surface area contributed by atoms with Crippen molar-refractivity contribution in [3.63, 3.8) is 0 Å². The first-order chi connectivity index (χ1) is 18.7. The van der Waals surface area contributed by atoms with E-state index < -0.39 is 0 Å². The first-order valence-corrected chi connectivity index (χ1v) is 13.1. The predicted molar refractivity (Wildman–Crippen MR) is 157 cm³/mol. The van der Waals surface area contributed by atoms with Crippen LogP contribution in [0.2, 0.25) is 5.02 Å². The zero-order valence-electron chi connectivity index (χ0n) is 21.0. The van der Waals surface area contributed by atoms with Crippen LogP contribution in [0.5, 0.6) is 0 Å². The standard InChI is InChI=1S/C35H28ClNO/c36-31-23-21-26(22-24-31)32(25-33(38)27-13-5-1-6-14-27)35(30-19-11-4-12-20-30)37-34(28-15-7-2-8-16-28)29-17-9-3-10-18-29/h1-24,32,35H,25H2/t32-,35+/m0/s1. The Morgan fingerprint density at radius 1 is 0.553 bits per heavy atom. The SMILES string of the molecule is O=C(C[C@@H](c1ccc(Cl)cc1)[C@H](N=C(c1ccccc1)c1ccccc1)c1ccccc1)c1ccccc1. The van der Waals surface area contributed by atoms with E-state index >= 15 is 0 Å². The van der Waals surface area contributed by atoms with Crippen molar-refractivity contribution in [2.45, 2.75) is 18.4 Å². The Balaban J connectivity index is 1.69. The first-order valence-electron chi connectivity index (χ1n) is 12.8. The molecule has 2 atom stereocenters. The zero-order chi connectivity index (χ0) is 26.2. The zero-order valence-corrected chi connectivity index (χ0v) is 21.7. The molecule has 0 aliphatic rings. The van der Waals surface area contributed by atoms with Gasteiger partial charge in [-0.15, -0.1) is 0 Å². The van der Waals surface area contributed by atoms with Crippen LogP contribution in [0.3, 0.4) is 0 Å². The van der Waals surface area contributed by atoms with E-state index in [0.717, 1.165) is 28.0 Å². The molecule has 186 valence electrons. The number of nitrogens with zero attached hydrogens (tertiary/aromatic N) is 1. The largest absolute Gasteiger partial charge is 0.294 e. The van der Waals surface area contributed by atoms with Gasteiger partial charge in [-0.05, 0) is 23.3 Å². The number of hydrogen-bond donors (Lipinski definition) is 0. The van der Waals surface area contributed by atoms with Gasteiger partial charge in [0.15, 0.2) is 5.78 Å². The number of ketones is 1. The average Bonchev–Trinajstić information content (AvgIpc) is 2.99. The van der Waals surface area contributed by atoms with Gasteiger partial charge >= 0.3 is 0 Å². The second-order valence-electron chi connectivity index (χ2n) is 9.22. The van der Waals surface area contributed by atoms with Crippen LogP contribution in [0.25, 0.3) is 0 Å². The van der Waals surface area contributed by atoms with Crippen LogP contribution in [0.15, 0.2) is 151 Å². The van der Waals surface area contributed by atoms with Crippen LogP contribution < -0.4 is 0 Å². The van der Waals surface area contributed by atoms with Gasteiger partial charge in [-0.3, -0.25) is 9.79 Å². The van der Waals surface area contributed by atoms with Gasteiger partial charge in [0.2, 0.25) is 0 Å². The molecule has 0 unspecified atom stereocenters. The summed E-state index contributed by atoms with van der Waals surface area (Å²) in [5, 5.41) is 0.663. The summed E-state index contributed by atoms with van der Waals surface area (Å²) in [6.07, 6.45) is 0.311. The van der Waals surface area contributed by atoms with Gasteiger partial charge in [0, 0.05) is 34.1 Å². The number of benzene rings is 5. The molecule has 0 bridgehead atoms. The molecular weight excluding hydrogens is 486 g/mol. The number of halogens is 1. The van der Waals surface area contributed by atoms with Crippen molar-refractivity contribution in [1.29, 1.82) is 0 Å². The summed E-state index contributed by atoms with van der Waals surface area (Å²) in [6.45, 7) is 0. The van der Waals surface area contributed by atoms with Crippen LogP contribution in [0, 0.1) is 0 Å². The first kappa shape index (κ1) is 25.4. The van der Waals surface area contributed by atoms with Gasteiger partial charge in [-0.2, -0.15) is 0 Å². The molecule has 0 aromatic heterocycles. The lowest BCUT2D eigenvalue weighted by Crippen LogP contribution is -2.17. The Morgan fingerprint density at radius 3 is 1.50 bits per heavy atom. The molecular formula is C35H28ClNO. The minimum absolute atomic E-state index is 0.0858. The van der Waals surface area contributed by atoms with E-state index in [1.165, 1.54) is 0 Å². The highest BCUT2D eigenvalue weighted by atomic mass is 35.5. The maximum absolute atomic E-state index is 13.6. The topological polar surface area (TPSA) is 29.4 Å². The molecule has 38 heavy (non-hydrogen) atoms. The molecule has 5 rings (SSSR count). The maximum Gasteiger partial charge on any atom is 0.163 e. The fraction of sp³-hybridized carbons (Fsp3) is 0.0857. The molecule has 0 fully saturated rings. The summed E-state index contributed by atoms with van der Waals surface area (Å²) in [5.74, 6) is -0.118. The number of rotatable bonds is 9.